The van der Waals surface area contributed by atoms with Crippen molar-refractivity contribution in [1.29, 1.82) is 0 Å². The molecule has 5 rings (SSSR count). The number of primary amides is 1. The van der Waals surface area contributed by atoms with Crippen LogP contribution in [0.4, 0.5) is 5.69 Å². The second kappa shape index (κ2) is 15.8. The summed E-state index contributed by atoms with van der Waals surface area (Å²) in [6.45, 7) is 9.39. The van der Waals surface area contributed by atoms with E-state index in [0.717, 1.165) is 53.7 Å². The standard InChI is InChI=1S/C15H23NO2.C14H16ClN3O.C2H6/c1-17-14-8-7-13(12-15(14)18-2)6-5-11-16-9-3-4-10-16;15-11-2-3-12-9(7-11)1-4-13(17-12)18-6-5-10(8-18)14(16)19;1-2/h7-8,12H,3-6,9-11H2,1-2H3;1-4,7,10,13,17H,5-6,8H2,(H2,16,19);1-2H3. The van der Waals surface area contributed by atoms with Gasteiger partial charge in [-0.05, 0) is 99.3 Å². The topological polar surface area (TPSA) is 80.1 Å². The molecule has 3 N–H and O–H groups in total. The average molecular weight is 557 g/mol. The Morgan fingerprint density at radius 1 is 1.05 bits per heavy atom. The molecule has 3 aliphatic heterocycles. The van der Waals surface area contributed by atoms with Gasteiger partial charge in [0.25, 0.3) is 0 Å². The normalized spacial score (nSPS) is 20.1. The molecule has 8 heteroatoms. The highest BCUT2D eigenvalue weighted by atomic mass is 35.5. The molecule has 2 aromatic carbocycles. The molecule has 2 saturated heterocycles. The molecule has 2 fully saturated rings. The van der Waals surface area contributed by atoms with Gasteiger partial charge < -0.3 is 25.4 Å². The Hall–Kier alpha value is -2.74. The third kappa shape index (κ3) is 8.88. The molecule has 0 spiro atoms. The van der Waals surface area contributed by atoms with E-state index in [0.29, 0.717) is 0 Å². The second-order valence-electron chi connectivity index (χ2n) is 9.90. The third-order valence-electron chi connectivity index (χ3n) is 7.38. The van der Waals surface area contributed by atoms with Crippen molar-refractivity contribution in [3.63, 3.8) is 0 Å². The Morgan fingerprint density at radius 3 is 2.46 bits per heavy atom. The molecule has 39 heavy (non-hydrogen) atoms. The summed E-state index contributed by atoms with van der Waals surface area (Å²) in [7, 11) is 3.36. The van der Waals surface area contributed by atoms with E-state index in [1.54, 1.807) is 14.2 Å². The van der Waals surface area contributed by atoms with Gasteiger partial charge in [-0.1, -0.05) is 37.6 Å². The van der Waals surface area contributed by atoms with Crippen molar-refractivity contribution in [3.05, 3.63) is 58.6 Å². The van der Waals surface area contributed by atoms with E-state index in [2.05, 4.69) is 39.4 Å². The lowest BCUT2D eigenvalue weighted by molar-refractivity contribution is -0.121. The molecule has 0 bridgehead atoms. The van der Waals surface area contributed by atoms with E-state index >= 15 is 0 Å². The fourth-order valence-corrected chi connectivity index (χ4v) is 5.42. The first-order chi connectivity index (χ1) is 19.0. The Morgan fingerprint density at radius 2 is 1.79 bits per heavy atom. The Kier molecular flexibility index (Phi) is 12.4. The van der Waals surface area contributed by atoms with Gasteiger partial charge in [0.2, 0.25) is 5.91 Å². The lowest BCUT2D eigenvalue weighted by Gasteiger charge is -2.30. The van der Waals surface area contributed by atoms with Crippen molar-refractivity contribution in [2.75, 3.05) is 52.3 Å². The molecule has 2 unspecified atom stereocenters. The van der Waals surface area contributed by atoms with Crippen molar-refractivity contribution >= 4 is 29.3 Å². The fraction of sp³-hybridized carbons (Fsp3) is 0.516. The van der Waals surface area contributed by atoms with Crippen LogP contribution in [0.15, 0.2) is 42.5 Å². The van der Waals surface area contributed by atoms with Crippen LogP contribution in [0.2, 0.25) is 5.02 Å². The largest absolute Gasteiger partial charge is 0.493 e. The molecule has 7 nitrogen and oxygen atoms in total. The molecule has 0 saturated carbocycles. The first-order valence-corrected chi connectivity index (χ1v) is 14.6. The van der Waals surface area contributed by atoms with Gasteiger partial charge in [0, 0.05) is 23.8 Å². The number of nitrogens with one attached hydrogen (secondary N) is 1. The van der Waals surface area contributed by atoms with Gasteiger partial charge in [-0.3, -0.25) is 9.69 Å². The maximum absolute atomic E-state index is 11.2. The second-order valence-corrected chi connectivity index (χ2v) is 10.3. The number of aryl methyl sites for hydroxylation is 1. The summed E-state index contributed by atoms with van der Waals surface area (Å²) in [6, 6.07) is 12.0. The number of ether oxygens (including phenoxy) is 2. The Balaban J connectivity index is 0.000000203. The fourth-order valence-electron chi connectivity index (χ4n) is 5.24. The number of carbonyl (C=O) groups is 1. The number of nitrogens with two attached hydrogens (primary N) is 1. The summed E-state index contributed by atoms with van der Waals surface area (Å²) in [5.74, 6) is 1.41. The lowest BCUT2D eigenvalue weighted by Crippen LogP contribution is -2.40. The minimum absolute atomic E-state index is 0.0261. The molecule has 0 aliphatic carbocycles. The highest BCUT2D eigenvalue weighted by molar-refractivity contribution is 6.30. The van der Waals surface area contributed by atoms with E-state index in [9.17, 15) is 4.79 Å². The van der Waals surface area contributed by atoms with Gasteiger partial charge in [0.15, 0.2) is 11.5 Å². The Labute approximate surface area is 239 Å². The maximum Gasteiger partial charge on any atom is 0.221 e. The van der Waals surface area contributed by atoms with E-state index in [-0.39, 0.29) is 18.0 Å². The number of hydrogen-bond donors (Lipinski definition) is 2. The summed E-state index contributed by atoms with van der Waals surface area (Å²) < 4.78 is 10.6. The van der Waals surface area contributed by atoms with Crippen LogP contribution >= 0.6 is 11.6 Å². The molecular weight excluding hydrogens is 512 g/mol. The number of carbonyl (C=O) groups excluding carboxylic acids is 1. The number of fused-ring (bicyclic) bond motifs is 1. The summed E-state index contributed by atoms with van der Waals surface area (Å²) in [5.41, 5.74) is 8.85. The number of amides is 1. The molecule has 2 atom stereocenters. The summed E-state index contributed by atoms with van der Waals surface area (Å²) in [4.78, 5) is 16.0. The van der Waals surface area contributed by atoms with Crippen LogP contribution in [0.1, 0.15) is 50.7 Å². The van der Waals surface area contributed by atoms with Crippen LogP contribution in [0.25, 0.3) is 6.08 Å². The average Bonchev–Trinajstić information content (AvgIpc) is 3.67. The molecular formula is C31H45ClN4O3. The number of nitrogens with zero attached hydrogens (tertiary/aromatic N) is 2. The van der Waals surface area contributed by atoms with E-state index < -0.39 is 0 Å². The zero-order valence-electron chi connectivity index (χ0n) is 23.9. The lowest BCUT2D eigenvalue weighted by atomic mass is 10.1. The van der Waals surface area contributed by atoms with Crippen LogP contribution in [0.5, 0.6) is 11.5 Å². The number of halogens is 1. The number of likely N-dealkylation sites (tertiary alicyclic amines) is 2. The van der Waals surface area contributed by atoms with Gasteiger partial charge >= 0.3 is 0 Å². The molecule has 214 valence electrons. The highest BCUT2D eigenvalue weighted by Crippen LogP contribution is 2.30. The van der Waals surface area contributed by atoms with Crippen LogP contribution in [-0.4, -0.2) is 68.8 Å². The minimum atomic E-state index is -0.200. The molecule has 0 radical (unpaired) electrons. The number of methoxy groups -OCH3 is 2. The first kappa shape index (κ1) is 30.8. The van der Waals surface area contributed by atoms with E-state index in [4.69, 9.17) is 26.8 Å². The summed E-state index contributed by atoms with van der Waals surface area (Å²) in [5, 5.41) is 4.19. The van der Waals surface area contributed by atoms with Crippen LogP contribution in [0, 0.1) is 5.92 Å². The van der Waals surface area contributed by atoms with Crippen molar-refractivity contribution in [3.8, 4) is 11.5 Å². The van der Waals surface area contributed by atoms with Gasteiger partial charge in [0.05, 0.1) is 26.3 Å². The van der Waals surface area contributed by atoms with E-state index in [1.807, 2.05) is 38.1 Å². The smallest absolute Gasteiger partial charge is 0.221 e. The van der Waals surface area contributed by atoms with Crippen molar-refractivity contribution in [2.45, 2.75) is 52.1 Å². The number of benzene rings is 2. The van der Waals surface area contributed by atoms with Crippen molar-refractivity contribution < 1.29 is 14.3 Å². The van der Waals surface area contributed by atoms with Crippen molar-refractivity contribution in [2.24, 2.45) is 11.7 Å². The van der Waals surface area contributed by atoms with Crippen LogP contribution in [0.3, 0.4) is 0 Å². The van der Waals surface area contributed by atoms with Gasteiger partial charge in [0.1, 0.15) is 0 Å². The summed E-state index contributed by atoms with van der Waals surface area (Å²) >= 11 is 5.97. The predicted molar refractivity (Wildman–Crippen MR) is 162 cm³/mol. The monoisotopic (exact) mass is 556 g/mol. The highest BCUT2D eigenvalue weighted by Gasteiger charge is 2.31. The van der Waals surface area contributed by atoms with Crippen LogP contribution in [-0.2, 0) is 11.2 Å². The maximum atomic E-state index is 11.2. The van der Waals surface area contributed by atoms with Crippen LogP contribution < -0.4 is 20.5 Å². The minimum Gasteiger partial charge on any atom is -0.493 e. The predicted octanol–water partition coefficient (Wildman–Crippen LogP) is 5.67. The number of rotatable bonds is 8. The van der Waals surface area contributed by atoms with Crippen molar-refractivity contribution in [1.82, 2.24) is 9.80 Å². The van der Waals surface area contributed by atoms with Gasteiger partial charge in [-0.25, -0.2) is 0 Å². The number of anilines is 1. The molecule has 3 aliphatic rings. The quantitative estimate of drug-likeness (QED) is 0.436. The summed E-state index contributed by atoms with van der Waals surface area (Å²) in [6.07, 6.45) is 10.2. The zero-order valence-corrected chi connectivity index (χ0v) is 24.7. The van der Waals surface area contributed by atoms with E-state index in [1.165, 1.54) is 44.5 Å². The molecule has 2 aromatic rings. The zero-order chi connectivity index (χ0) is 28.2. The van der Waals surface area contributed by atoms with Gasteiger partial charge in [-0.2, -0.15) is 0 Å². The third-order valence-corrected chi connectivity index (χ3v) is 7.61. The van der Waals surface area contributed by atoms with Gasteiger partial charge in [-0.15, -0.1) is 0 Å². The number of hydrogen-bond acceptors (Lipinski definition) is 6. The Bertz CT molecular complexity index is 1090. The molecule has 3 heterocycles. The SMILES string of the molecule is CC.COc1ccc(CCCN2CCCC2)cc1OC.NC(=O)C1CCN(C2C=Cc3cc(Cl)ccc3N2)C1. The molecule has 0 aromatic heterocycles. The molecule has 1 amide bonds. The first-order valence-electron chi connectivity index (χ1n) is 14.2.